The van der Waals surface area contributed by atoms with Crippen LogP contribution in [-0.2, 0) is 6.42 Å². The molecule has 6 nitrogen and oxygen atoms in total. The zero-order valence-corrected chi connectivity index (χ0v) is 16.3. The molecule has 2 heterocycles. The normalized spacial score (nSPS) is 10.5. The molecular weight excluding hydrogens is 336 g/mol. The number of hydrogen-bond acceptors (Lipinski definition) is 6. The zero-order valence-electron chi connectivity index (χ0n) is 16.3. The van der Waals surface area contributed by atoms with Crippen molar-refractivity contribution >= 4 is 23.3 Å². The third-order valence-electron chi connectivity index (χ3n) is 4.46. The number of anilines is 4. The van der Waals surface area contributed by atoms with E-state index in [9.17, 15) is 0 Å². The number of rotatable bonds is 7. The molecule has 27 heavy (non-hydrogen) atoms. The van der Waals surface area contributed by atoms with Gasteiger partial charge in [-0.25, -0.2) is 0 Å². The molecule has 0 atom stereocenters. The van der Waals surface area contributed by atoms with Crippen molar-refractivity contribution < 1.29 is 0 Å². The van der Waals surface area contributed by atoms with Crippen molar-refractivity contribution in [1.29, 1.82) is 0 Å². The van der Waals surface area contributed by atoms with Crippen LogP contribution in [-0.4, -0.2) is 35.6 Å². The molecule has 2 aromatic heterocycles. The summed E-state index contributed by atoms with van der Waals surface area (Å²) >= 11 is 0. The Kier molecular flexibility index (Phi) is 5.86. The van der Waals surface area contributed by atoms with E-state index < -0.39 is 0 Å². The minimum atomic E-state index is 0.676. The first-order valence-electron chi connectivity index (χ1n) is 9.08. The van der Waals surface area contributed by atoms with E-state index in [1.165, 1.54) is 5.56 Å². The summed E-state index contributed by atoms with van der Waals surface area (Å²) in [6.07, 6.45) is 2.66. The Morgan fingerprint density at radius 2 is 1.70 bits per heavy atom. The highest BCUT2D eigenvalue weighted by Gasteiger charge is 2.13. The number of nitrogens with zero attached hydrogens (tertiary/aromatic N) is 4. The fraction of sp³-hybridized carbons (Fsp3) is 0.286. The minimum absolute atomic E-state index is 0.676. The SMILES string of the molecule is CNc1nc(N(C)CCc2ccccn2)nc(Nc2ccc(C)cc2)c1C. The van der Waals surface area contributed by atoms with Crippen molar-refractivity contribution in [3.63, 3.8) is 0 Å². The van der Waals surface area contributed by atoms with E-state index in [0.717, 1.165) is 41.5 Å². The van der Waals surface area contributed by atoms with E-state index in [1.54, 1.807) is 0 Å². The van der Waals surface area contributed by atoms with Crippen molar-refractivity contribution in [3.05, 3.63) is 65.5 Å². The molecule has 2 N–H and O–H groups in total. The summed E-state index contributed by atoms with van der Waals surface area (Å²) in [5, 5.41) is 6.58. The zero-order chi connectivity index (χ0) is 19.2. The molecule has 0 aliphatic rings. The average Bonchev–Trinajstić information content (AvgIpc) is 2.70. The molecule has 140 valence electrons. The van der Waals surface area contributed by atoms with Crippen molar-refractivity contribution in [2.24, 2.45) is 0 Å². The predicted octanol–water partition coefficient (Wildman–Crippen LogP) is 3.95. The van der Waals surface area contributed by atoms with Crippen molar-refractivity contribution in [3.8, 4) is 0 Å². The summed E-state index contributed by atoms with van der Waals surface area (Å²) in [5.41, 5.74) is 4.28. The van der Waals surface area contributed by atoms with Crippen molar-refractivity contribution in [2.75, 3.05) is 36.2 Å². The number of pyridine rings is 1. The fourth-order valence-electron chi connectivity index (χ4n) is 2.74. The molecule has 0 saturated heterocycles. The molecule has 0 fully saturated rings. The molecule has 0 amide bonds. The Morgan fingerprint density at radius 1 is 0.963 bits per heavy atom. The highest BCUT2D eigenvalue weighted by Crippen LogP contribution is 2.26. The first kappa shape index (κ1) is 18.6. The lowest BCUT2D eigenvalue weighted by molar-refractivity contribution is 0.821. The Bertz CT molecular complexity index is 877. The maximum Gasteiger partial charge on any atom is 0.229 e. The van der Waals surface area contributed by atoms with Crippen molar-refractivity contribution in [1.82, 2.24) is 15.0 Å². The molecular formula is C21H26N6. The van der Waals surface area contributed by atoms with Gasteiger partial charge in [-0.2, -0.15) is 9.97 Å². The highest BCUT2D eigenvalue weighted by atomic mass is 15.3. The Morgan fingerprint density at radius 3 is 2.37 bits per heavy atom. The first-order chi connectivity index (χ1) is 13.1. The molecule has 0 radical (unpaired) electrons. The third-order valence-corrected chi connectivity index (χ3v) is 4.46. The molecule has 0 saturated carbocycles. The molecule has 0 bridgehead atoms. The fourth-order valence-corrected chi connectivity index (χ4v) is 2.74. The van der Waals surface area contributed by atoms with E-state index in [0.29, 0.717) is 5.95 Å². The topological polar surface area (TPSA) is 66.0 Å². The number of likely N-dealkylation sites (N-methyl/N-ethyl adjacent to an activating group) is 1. The maximum atomic E-state index is 4.75. The number of aryl methyl sites for hydroxylation is 1. The molecule has 0 spiro atoms. The lowest BCUT2D eigenvalue weighted by Crippen LogP contribution is -2.24. The maximum absolute atomic E-state index is 4.75. The van der Waals surface area contributed by atoms with Gasteiger partial charge < -0.3 is 15.5 Å². The number of nitrogens with one attached hydrogen (secondary N) is 2. The van der Waals surface area contributed by atoms with E-state index in [4.69, 9.17) is 4.98 Å². The van der Waals surface area contributed by atoms with Crippen molar-refractivity contribution in [2.45, 2.75) is 20.3 Å². The predicted molar refractivity (Wildman–Crippen MR) is 112 cm³/mol. The quantitative estimate of drug-likeness (QED) is 0.663. The van der Waals surface area contributed by atoms with Gasteiger partial charge in [-0.1, -0.05) is 23.8 Å². The van der Waals surface area contributed by atoms with Crippen LogP contribution in [0.1, 0.15) is 16.8 Å². The van der Waals surface area contributed by atoms with Gasteiger partial charge in [-0.05, 0) is 38.1 Å². The lowest BCUT2D eigenvalue weighted by Gasteiger charge is -2.20. The van der Waals surface area contributed by atoms with Gasteiger partial charge in [-0.15, -0.1) is 0 Å². The minimum Gasteiger partial charge on any atom is -0.373 e. The second kappa shape index (κ2) is 8.49. The van der Waals surface area contributed by atoms with E-state index in [-0.39, 0.29) is 0 Å². The smallest absolute Gasteiger partial charge is 0.229 e. The van der Waals surface area contributed by atoms with Gasteiger partial charge in [0.1, 0.15) is 11.6 Å². The van der Waals surface area contributed by atoms with Gasteiger partial charge in [0.15, 0.2) is 0 Å². The van der Waals surface area contributed by atoms with Gasteiger partial charge in [0, 0.05) is 50.2 Å². The van der Waals surface area contributed by atoms with Crippen LogP contribution in [0.15, 0.2) is 48.7 Å². The van der Waals surface area contributed by atoms with Gasteiger partial charge in [0.2, 0.25) is 5.95 Å². The standard InChI is InChI=1S/C21H26N6/c1-15-8-10-18(11-9-15)24-20-16(2)19(22-3)25-21(26-20)27(4)14-12-17-7-5-6-13-23-17/h5-11,13H,12,14H2,1-4H3,(H2,22,24,25,26). The van der Waals surface area contributed by atoms with E-state index in [2.05, 4.69) is 56.7 Å². The molecule has 6 heteroatoms. The second-order valence-corrected chi connectivity index (χ2v) is 6.58. The highest BCUT2D eigenvalue weighted by molar-refractivity contribution is 5.66. The van der Waals surface area contributed by atoms with Crippen LogP contribution >= 0.6 is 0 Å². The molecule has 0 aliphatic carbocycles. The van der Waals surface area contributed by atoms with E-state index in [1.807, 2.05) is 45.4 Å². The third kappa shape index (κ3) is 4.73. The van der Waals surface area contributed by atoms with Crippen LogP contribution in [0.4, 0.5) is 23.3 Å². The van der Waals surface area contributed by atoms with Gasteiger partial charge in [0.05, 0.1) is 0 Å². The molecule has 0 unspecified atom stereocenters. The summed E-state index contributed by atoms with van der Waals surface area (Å²) in [6, 6.07) is 14.2. The van der Waals surface area contributed by atoms with Crippen LogP contribution in [0, 0.1) is 13.8 Å². The molecule has 3 aromatic rings. The molecule has 1 aromatic carbocycles. The molecule has 0 aliphatic heterocycles. The Labute approximate surface area is 160 Å². The largest absolute Gasteiger partial charge is 0.373 e. The summed E-state index contributed by atoms with van der Waals surface area (Å²) in [7, 11) is 3.88. The number of hydrogen-bond donors (Lipinski definition) is 2. The summed E-state index contributed by atoms with van der Waals surface area (Å²) < 4.78 is 0. The average molecular weight is 362 g/mol. The van der Waals surface area contributed by atoms with Crippen LogP contribution in [0.3, 0.4) is 0 Å². The monoisotopic (exact) mass is 362 g/mol. The van der Waals surface area contributed by atoms with Gasteiger partial charge in [-0.3, -0.25) is 4.98 Å². The second-order valence-electron chi connectivity index (χ2n) is 6.58. The number of aromatic nitrogens is 3. The molecule has 3 rings (SSSR count). The van der Waals surface area contributed by atoms with Crippen LogP contribution in [0.5, 0.6) is 0 Å². The van der Waals surface area contributed by atoms with E-state index >= 15 is 0 Å². The Balaban J connectivity index is 1.81. The first-order valence-corrected chi connectivity index (χ1v) is 9.08. The van der Waals surface area contributed by atoms with Crippen LogP contribution in [0.2, 0.25) is 0 Å². The van der Waals surface area contributed by atoms with Gasteiger partial charge >= 0.3 is 0 Å². The summed E-state index contributed by atoms with van der Waals surface area (Å²) in [4.78, 5) is 15.8. The van der Waals surface area contributed by atoms with Crippen LogP contribution < -0.4 is 15.5 Å². The number of benzene rings is 1. The summed E-state index contributed by atoms with van der Waals surface area (Å²) in [6.45, 7) is 4.88. The lowest BCUT2D eigenvalue weighted by atomic mass is 10.2. The van der Waals surface area contributed by atoms with Gasteiger partial charge in [0.25, 0.3) is 0 Å². The summed E-state index contributed by atoms with van der Waals surface area (Å²) in [5.74, 6) is 2.30. The Hall–Kier alpha value is -3.15. The van der Waals surface area contributed by atoms with Crippen LogP contribution in [0.25, 0.3) is 0 Å².